The van der Waals surface area contributed by atoms with Gasteiger partial charge in [-0.2, -0.15) is 0 Å². The maximum atomic E-state index is 5.03. The summed E-state index contributed by atoms with van der Waals surface area (Å²) in [5.41, 5.74) is 1.17. The molecule has 1 atom stereocenters. The third-order valence-corrected chi connectivity index (χ3v) is 2.89. The quantitative estimate of drug-likeness (QED) is 0.798. The molecule has 1 N–H and O–H groups in total. The highest BCUT2D eigenvalue weighted by molar-refractivity contribution is 5.46. The zero-order chi connectivity index (χ0) is 10.7. The van der Waals surface area contributed by atoms with Gasteiger partial charge in [-0.1, -0.05) is 0 Å². The minimum Gasteiger partial charge on any atom is -0.481 e. The SMILES string of the molecule is CNC1CCN(c2ccc(OC)nc2)C1. The van der Waals surface area contributed by atoms with Crippen LogP contribution in [0.4, 0.5) is 5.69 Å². The Morgan fingerprint density at radius 1 is 1.53 bits per heavy atom. The van der Waals surface area contributed by atoms with Gasteiger partial charge in [0.1, 0.15) is 0 Å². The zero-order valence-corrected chi connectivity index (χ0v) is 9.23. The number of anilines is 1. The van der Waals surface area contributed by atoms with Crippen LogP contribution in [0.5, 0.6) is 5.88 Å². The Bertz CT molecular complexity index is 312. The molecule has 0 amide bonds. The van der Waals surface area contributed by atoms with Crippen molar-refractivity contribution >= 4 is 5.69 Å². The van der Waals surface area contributed by atoms with Crippen LogP contribution < -0.4 is 15.0 Å². The fraction of sp³-hybridized carbons (Fsp3) is 0.545. The van der Waals surface area contributed by atoms with Crippen LogP contribution in [0.25, 0.3) is 0 Å². The van der Waals surface area contributed by atoms with Gasteiger partial charge < -0.3 is 15.0 Å². The summed E-state index contributed by atoms with van der Waals surface area (Å²) in [6, 6.07) is 4.57. The molecule has 1 aliphatic rings. The number of methoxy groups -OCH3 is 1. The second kappa shape index (κ2) is 4.49. The first-order valence-corrected chi connectivity index (χ1v) is 5.25. The second-order valence-electron chi connectivity index (χ2n) is 3.78. The lowest BCUT2D eigenvalue weighted by Crippen LogP contribution is -2.29. The smallest absolute Gasteiger partial charge is 0.213 e. The van der Waals surface area contributed by atoms with Crippen LogP contribution in [-0.4, -0.2) is 38.3 Å². The molecule has 0 aliphatic carbocycles. The summed E-state index contributed by atoms with van der Waals surface area (Å²) in [6.07, 6.45) is 3.07. The molecule has 15 heavy (non-hydrogen) atoms. The highest BCUT2D eigenvalue weighted by Crippen LogP contribution is 2.20. The molecule has 0 radical (unpaired) electrons. The standard InChI is InChI=1S/C11H17N3O/c1-12-9-5-6-14(8-9)10-3-4-11(15-2)13-7-10/h3-4,7,9,12H,5-6,8H2,1-2H3. The predicted octanol–water partition coefficient (Wildman–Crippen LogP) is 0.888. The molecule has 0 spiro atoms. The first-order chi connectivity index (χ1) is 7.33. The molecule has 0 bridgehead atoms. The fourth-order valence-corrected chi connectivity index (χ4v) is 1.91. The molecule has 1 unspecified atom stereocenters. The lowest BCUT2D eigenvalue weighted by Gasteiger charge is -2.18. The van der Waals surface area contributed by atoms with Crippen molar-refractivity contribution < 1.29 is 4.74 Å². The Morgan fingerprint density at radius 2 is 2.40 bits per heavy atom. The molecule has 82 valence electrons. The molecule has 1 aromatic rings. The van der Waals surface area contributed by atoms with Gasteiger partial charge in [-0.3, -0.25) is 0 Å². The van der Waals surface area contributed by atoms with Crippen LogP contribution in [-0.2, 0) is 0 Å². The number of hydrogen-bond acceptors (Lipinski definition) is 4. The minimum absolute atomic E-state index is 0.604. The van der Waals surface area contributed by atoms with E-state index in [1.165, 1.54) is 12.1 Å². The van der Waals surface area contributed by atoms with Gasteiger partial charge in [-0.15, -0.1) is 0 Å². The number of rotatable bonds is 3. The monoisotopic (exact) mass is 207 g/mol. The van der Waals surface area contributed by atoms with E-state index in [1.807, 2.05) is 19.3 Å². The summed E-state index contributed by atoms with van der Waals surface area (Å²) < 4.78 is 5.03. The number of likely N-dealkylation sites (N-methyl/N-ethyl adjacent to an activating group) is 1. The topological polar surface area (TPSA) is 37.4 Å². The first-order valence-electron chi connectivity index (χ1n) is 5.25. The lowest BCUT2D eigenvalue weighted by atomic mass is 10.3. The third kappa shape index (κ3) is 2.21. The van der Waals surface area contributed by atoms with Gasteiger partial charge in [0.2, 0.25) is 5.88 Å². The fourth-order valence-electron chi connectivity index (χ4n) is 1.91. The number of hydrogen-bond donors (Lipinski definition) is 1. The normalized spacial score (nSPS) is 20.7. The maximum absolute atomic E-state index is 5.03. The van der Waals surface area contributed by atoms with E-state index >= 15 is 0 Å². The Hall–Kier alpha value is -1.29. The highest BCUT2D eigenvalue weighted by atomic mass is 16.5. The largest absolute Gasteiger partial charge is 0.481 e. The molecule has 2 heterocycles. The van der Waals surface area contributed by atoms with Crippen LogP contribution in [0.1, 0.15) is 6.42 Å². The van der Waals surface area contributed by atoms with Gasteiger partial charge in [-0.05, 0) is 19.5 Å². The number of ether oxygens (including phenoxy) is 1. The molecule has 2 rings (SSSR count). The van der Waals surface area contributed by atoms with Crippen LogP contribution >= 0.6 is 0 Å². The van der Waals surface area contributed by atoms with Crippen molar-refractivity contribution in [2.24, 2.45) is 0 Å². The summed E-state index contributed by atoms with van der Waals surface area (Å²) in [5, 5.41) is 3.30. The van der Waals surface area contributed by atoms with Gasteiger partial charge >= 0.3 is 0 Å². The van der Waals surface area contributed by atoms with Crippen molar-refractivity contribution in [2.45, 2.75) is 12.5 Å². The van der Waals surface area contributed by atoms with E-state index in [0.29, 0.717) is 11.9 Å². The summed E-state index contributed by atoms with van der Waals surface area (Å²) in [4.78, 5) is 6.55. The van der Waals surface area contributed by atoms with Gasteiger partial charge in [0, 0.05) is 25.2 Å². The van der Waals surface area contributed by atoms with Crippen molar-refractivity contribution in [1.29, 1.82) is 0 Å². The van der Waals surface area contributed by atoms with Crippen molar-refractivity contribution in [1.82, 2.24) is 10.3 Å². The summed E-state index contributed by atoms with van der Waals surface area (Å²) in [7, 11) is 3.65. The second-order valence-corrected chi connectivity index (χ2v) is 3.78. The first kappa shape index (κ1) is 10.2. The Morgan fingerprint density at radius 3 is 2.93 bits per heavy atom. The van der Waals surface area contributed by atoms with Gasteiger partial charge in [0.05, 0.1) is 19.0 Å². The van der Waals surface area contributed by atoms with Crippen molar-refractivity contribution in [3.8, 4) is 5.88 Å². The number of pyridine rings is 1. The van der Waals surface area contributed by atoms with E-state index in [0.717, 1.165) is 13.1 Å². The lowest BCUT2D eigenvalue weighted by molar-refractivity contribution is 0.398. The molecule has 4 nitrogen and oxygen atoms in total. The average Bonchev–Trinajstić information content (AvgIpc) is 2.78. The van der Waals surface area contributed by atoms with Gasteiger partial charge in [0.15, 0.2) is 0 Å². The van der Waals surface area contributed by atoms with Crippen LogP contribution in [0.2, 0.25) is 0 Å². The van der Waals surface area contributed by atoms with Crippen molar-refractivity contribution in [3.05, 3.63) is 18.3 Å². The van der Waals surface area contributed by atoms with E-state index in [-0.39, 0.29) is 0 Å². The highest BCUT2D eigenvalue weighted by Gasteiger charge is 2.21. The Kier molecular flexibility index (Phi) is 3.06. The molecule has 1 saturated heterocycles. The van der Waals surface area contributed by atoms with Crippen LogP contribution in [0.15, 0.2) is 18.3 Å². The van der Waals surface area contributed by atoms with Gasteiger partial charge in [0.25, 0.3) is 0 Å². The summed E-state index contributed by atoms with van der Waals surface area (Å²) in [5.74, 6) is 0.670. The third-order valence-electron chi connectivity index (χ3n) is 2.89. The molecule has 1 aliphatic heterocycles. The molecule has 0 saturated carbocycles. The minimum atomic E-state index is 0.604. The molecular formula is C11H17N3O. The summed E-state index contributed by atoms with van der Waals surface area (Å²) >= 11 is 0. The number of nitrogens with zero attached hydrogens (tertiary/aromatic N) is 2. The van der Waals surface area contributed by atoms with E-state index in [1.54, 1.807) is 7.11 Å². The zero-order valence-electron chi connectivity index (χ0n) is 9.23. The Balaban J connectivity index is 2.04. The maximum Gasteiger partial charge on any atom is 0.213 e. The van der Waals surface area contributed by atoms with E-state index in [9.17, 15) is 0 Å². The molecule has 0 aromatic carbocycles. The average molecular weight is 207 g/mol. The molecule has 4 heteroatoms. The number of aromatic nitrogens is 1. The van der Waals surface area contributed by atoms with E-state index in [4.69, 9.17) is 4.74 Å². The van der Waals surface area contributed by atoms with Crippen molar-refractivity contribution in [2.75, 3.05) is 32.1 Å². The van der Waals surface area contributed by atoms with Crippen LogP contribution in [0, 0.1) is 0 Å². The van der Waals surface area contributed by atoms with E-state index in [2.05, 4.69) is 21.3 Å². The summed E-state index contributed by atoms with van der Waals surface area (Å²) in [6.45, 7) is 2.16. The van der Waals surface area contributed by atoms with E-state index < -0.39 is 0 Å². The van der Waals surface area contributed by atoms with Gasteiger partial charge in [-0.25, -0.2) is 4.98 Å². The predicted molar refractivity (Wildman–Crippen MR) is 60.5 cm³/mol. The van der Waals surface area contributed by atoms with Crippen LogP contribution in [0.3, 0.4) is 0 Å². The van der Waals surface area contributed by atoms with Crippen molar-refractivity contribution in [3.63, 3.8) is 0 Å². The molecule has 1 aromatic heterocycles. The number of nitrogens with one attached hydrogen (secondary N) is 1. The molecular weight excluding hydrogens is 190 g/mol. The molecule has 1 fully saturated rings. The Labute approximate surface area is 90.3 Å².